The molecule has 106 valence electrons. The van der Waals surface area contributed by atoms with Crippen molar-refractivity contribution in [1.29, 1.82) is 0 Å². The lowest BCUT2D eigenvalue weighted by atomic mass is 10.0. The Morgan fingerprint density at radius 1 is 1.19 bits per heavy atom. The van der Waals surface area contributed by atoms with Crippen LogP contribution in [-0.4, -0.2) is 16.8 Å². The van der Waals surface area contributed by atoms with Crippen molar-refractivity contribution in [3.05, 3.63) is 59.4 Å². The second-order valence-corrected chi connectivity index (χ2v) is 5.41. The summed E-state index contributed by atoms with van der Waals surface area (Å²) in [5.41, 5.74) is 1.35. The first-order chi connectivity index (χ1) is 10.1. The van der Waals surface area contributed by atoms with E-state index in [0.717, 1.165) is 5.69 Å². The van der Waals surface area contributed by atoms with E-state index < -0.39 is 0 Å². The molecule has 1 saturated heterocycles. The van der Waals surface area contributed by atoms with Gasteiger partial charge in [-0.1, -0.05) is 23.7 Å². The Hall–Kier alpha value is -2.20. The molecule has 2 aromatic rings. The van der Waals surface area contributed by atoms with Crippen molar-refractivity contribution in [2.75, 3.05) is 4.90 Å². The first-order valence-corrected chi connectivity index (χ1v) is 7.05. The van der Waals surface area contributed by atoms with Crippen LogP contribution in [0.25, 0.3) is 0 Å². The maximum absolute atomic E-state index is 12.5. The highest BCUT2D eigenvalue weighted by atomic mass is 35.5. The highest BCUT2D eigenvalue weighted by Gasteiger charge is 2.39. The van der Waals surface area contributed by atoms with Gasteiger partial charge in [-0.2, -0.15) is 0 Å². The van der Waals surface area contributed by atoms with Gasteiger partial charge >= 0.3 is 0 Å². The molecule has 4 nitrogen and oxygen atoms in total. The number of halogens is 1. The molecule has 1 aliphatic heterocycles. The number of pyridine rings is 1. The third-order valence-electron chi connectivity index (χ3n) is 3.49. The number of carbonyl (C=O) groups excluding carboxylic acids is 2. The molecule has 1 atom stereocenters. The summed E-state index contributed by atoms with van der Waals surface area (Å²) in [7, 11) is 0. The van der Waals surface area contributed by atoms with Gasteiger partial charge in [-0.3, -0.25) is 19.5 Å². The molecule has 0 saturated carbocycles. The Kier molecular flexibility index (Phi) is 3.71. The number of hydrogen-bond acceptors (Lipinski definition) is 3. The lowest BCUT2D eigenvalue weighted by Crippen LogP contribution is -2.30. The summed E-state index contributed by atoms with van der Waals surface area (Å²) in [6, 6.07) is 12.3. The maximum Gasteiger partial charge on any atom is 0.237 e. The molecule has 3 rings (SSSR count). The van der Waals surface area contributed by atoms with Crippen molar-refractivity contribution in [3.8, 4) is 0 Å². The zero-order valence-electron chi connectivity index (χ0n) is 11.2. The van der Waals surface area contributed by atoms with Crippen molar-refractivity contribution in [3.63, 3.8) is 0 Å². The van der Waals surface area contributed by atoms with Gasteiger partial charge in [0.2, 0.25) is 11.8 Å². The Balaban J connectivity index is 1.82. The van der Waals surface area contributed by atoms with E-state index in [9.17, 15) is 9.59 Å². The van der Waals surface area contributed by atoms with E-state index in [-0.39, 0.29) is 24.2 Å². The quantitative estimate of drug-likeness (QED) is 0.819. The van der Waals surface area contributed by atoms with Gasteiger partial charge in [0.1, 0.15) is 0 Å². The van der Waals surface area contributed by atoms with Crippen LogP contribution in [0.5, 0.6) is 0 Å². The van der Waals surface area contributed by atoms with E-state index in [2.05, 4.69) is 4.98 Å². The van der Waals surface area contributed by atoms with Crippen LogP contribution in [0, 0.1) is 5.92 Å². The van der Waals surface area contributed by atoms with E-state index in [4.69, 9.17) is 11.6 Å². The van der Waals surface area contributed by atoms with Crippen LogP contribution in [0.2, 0.25) is 5.02 Å². The lowest BCUT2D eigenvalue weighted by Gasteiger charge is -2.15. The molecule has 0 aliphatic carbocycles. The second-order valence-electron chi connectivity index (χ2n) is 4.97. The average Bonchev–Trinajstić information content (AvgIpc) is 2.74. The molecule has 0 N–H and O–H groups in total. The van der Waals surface area contributed by atoms with Crippen LogP contribution in [0.15, 0.2) is 48.7 Å². The molecule has 1 aliphatic rings. The van der Waals surface area contributed by atoms with Gasteiger partial charge in [-0.25, -0.2) is 0 Å². The monoisotopic (exact) mass is 300 g/mol. The molecule has 2 heterocycles. The van der Waals surface area contributed by atoms with Gasteiger partial charge in [0.05, 0.1) is 11.6 Å². The summed E-state index contributed by atoms with van der Waals surface area (Å²) < 4.78 is 0. The molecule has 0 spiro atoms. The van der Waals surface area contributed by atoms with Gasteiger partial charge in [0.25, 0.3) is 0 Å². The first-order valence-electron chi connectivity index (χ1n) is 6.67. The summed E-state index contributed by atoms with van der Waals surface area (Å²) in [5, 5.41) is 0.501. The van der Waals surface area contributed by atoms with E-state index in [1.807, 2.05) is 18.2 Å². The van der Waals surface area contributed by atoms with Crippen molar-refractivity contribution < 1.29 is 9.59 Å². The molecule has 1 unspecified atom stereocenters. The maximum atomic E-state index is 12.5. The normalized spacial score (nSPS) is 18.3. The van der Waals surface area contributed by atoms with Crippen LogP contribution in [-0.2, 0) is 16.0 Å². The summed E-state index contributed by atoms with van der Waals surface area (Å²) in [6.45, 7) is 0. The minimum absolute atomic E-state index is 0.187. The van der Waals surface area contributed by atoms with Gasteiger partial charge < -0.3 is 0 Å². The van der Waals surface area contributed by atoms with E-state index >= 15 is 0 Å². The fourth-order valence-electron chi connectivity index (χ4n) is 2.51. The molecular formula is C16H13ClN2O2. The Labute approximate surface area is 127 Å². The molecule has 21 heavy (non-hydrogen) atoms. The van der Waals surface area contributed by atoms with E-state index in [1.54, 1.807) is 30.5 Å². The third kappa shape index (κ3) is 2.81. The van der Waals surface area contributed by atoms with Gasteiger partial charge in [0.15, 0.2) is 0 Å². The van der Waals surface area contributed by atoms with Crippen molar-refractivity contribution in [2.45, 2.75) is 12.8 Å². The van der Waals surface area contributed by atoms with Crippen LogP contribution in [0.3, 0.4) is 0 Å². The number of rotatable bonds is 3. The van der Waals surface area contributed by atoms with Crippen LogP contribution < -0.4 is 4.90 Å². The molecule has 0 bridgehead atoms. The number of anilines is 1. The number of aromatic nitrogens is 1. The number of hydrogen-bond donors (Lipinski definition) is 0. The molecule has 0 radical (unpaired) electrons. The standard InChI is InChI=1S/C16H13ClN2O2/c17-12-4-3-6-14(10-12)19-15(20)9-11(16(19)21)8-13-5-1-2-7-18-13/h1-7,10-11H,8-9H2. The highest BCUT2D eigenvalue weighted by Crippen LogP contribution is 2.29. The minimum Gasteiger partial charge on any atom is -0.274 e. The van der Waals surface area contributed by atoms with Crippen LogP contribution in [0.1, 0.15) is 12.1 Å². The number of imide groups is 1. The molecule has 1 aromatic heterocycles. The summed E-state index contributed by atoms with van der Waals surface area (Å²) in [5.74, 6) is -0.734. The number of benzene rings is 1. The first kappa shape index (κ1) is 13.8. The van der Waals surface area contributed by atoms with Crippen LogP contribution >= 0.6 is 11.6 Å². The zero-order valence-corrected chi connectivity index (χ0v) is 12.0. The van der Waals surface area contributed by atoms with Crippen molar-refractivity contribution >= 4 is 29.1 Å². The minimum atomic E-state index is -0.355. The molecular weight excluding hydrogens is 288 g/mol. The smallest absolute Gasteiger partial charge is 0.237 e. The number of nitrogens with zero attached hydrogens (tertiary/aromatic N) is 2. The SMILES string of the molecule is O=C1CC(Cc2ccccn2)C(=O)N1c1cccc(Cl)c1. The zero-order chi connectivity index (χ0) is 14.8. The van der Waals surface area contributed by atoms with Crippen molar-refractivity contribution in [2.24, 2.45) is 5.92 Å². The van der Waals surface area contributed by atoms with Gasteiger partial charge in [0, 0.05) is 29.8 Å². The third-order valence-corrected chi connectivity index (χ3v) is 3.72. The molecule has 5 heteroatoms. The summed E-state index contributed by atoms with van der Waals surface area (Å²) in [4.78, 5) is 30.0. The number of carbonyl (C=O) groups is 2. The Morgan fingerprint density at radius 3 is 2.76 bits per heavy atom. The van der Waals surface area contributed by atoms with Crippen molar-refractivity contribution in [1.82, 2.24) is 4.98 Å². The lowest BCUT2D eigenvalue weighted by molar-refractivity contribution is -0.122. The largest absolute Gasteiger partial charge is 0.274 e. The van der Waals surface area contributed by atoms with E-state index in [0.29, 0.717) is 17.1 Å². The molecule has 2 amide bonds. The molecule has 1 aromatic carbocycles. The summed E-state index contributed by atoms with van der Waals surface area (Å²) >= 11 is 5.93. The molecule has 1 fully saturated rings. The fraction of sp³-hybridized carbons (Fsp3) is 0.188. The van der Waals surface area contributed by atoms with E-state index in [1.165, 1.54) is 4.90 Å². The fourth-order valence-corrected chi connectivity index (χ4v) is 2.70. The predicted molar refractivity (Wildman–Crippen MR) is 80.0 cm³/mol. The highest BCUT2D eigenvalue weighted by molar-refractivity contribution is 6.31. The Bertz CT molecular complexity index is 688. The predicted octanol–water partition coefficient (Wildman–Crippen LogP) is 2.86. The van der Waals surface area contributed by atoms with Gasteiger partial charge in [-0.05, 0) is 30.3 Å². The summed E-state index contributed by atoms with van der Waals surface area (Å²) in [6.07, 6.45) is 2.37. The second kappa shape index (κ2) is 5.66. The topological polar surface area (TPSA) is 50.3 Å². The van der Waals surface area contributed by atoms with Crippen LogP contribution in [0.4, 0.5) is 5.69 Å². The van der Waals surface area contributed by atoms with Gasteiger partial charge in [-0.15, -0.1) is 0 Å². The number of amides is 2. The Morgan fingerprint density at radius 2 is 2.05 bits per heavy atom. The average molecular weight is 301 g/mol.